The van der Waals surface area contributed by atoms with Gasteiger partial charge in [0, 0.05) is 19.1 Å². The average Bonchev–Trinajstić information content (AvgIpc) is 3.00. The first-order valence-corrected chi connectivity index (χ1v) is 10.8. The van der Waals surface area contributed by atoms with Gasteiger partial charge in [-0.05, 0) is 39.0 Å². The second-order valence-corrected chi connectivity index (χ2v) is 9.32. The van der Waals surface area contributed by atoms with Crippen LogP contribution in [0.5, 0.6) is 5.88 Å². The summed E-state index contributed by atoms with van der Waals surface area (Å²) in [5.74, 6) is 0.378. The van der Waals surface area contributed by atoms with Crippen molar-refractivity contribution < 1.29 is 22.7 Å². The predicted molar refractivity (Wildman–Crippen MR) is 98.8 cm³/mol. The monoisotopic (exact) mass is 413 g/mol. The molecule has 0 spiro atoms. The van der Waals surface area contributed by atoms with Crippen LogP contribution in [0.3, 0.4) is 0 Å². The Morgan fingerprint density at radius 2 is 2.18 bits per heavy atom. The molecule has 11 heteroatoms. The van der Waals surface area contributed by atoms with Crippen LogP contribution >= 0.6 is 0 Å². The molecule has 0 aromatic carbocycles. The maximum Gasteiger partial charge on any atom is 0.243 e. The normalized spacial score (nSPS) is 26.7. The molecular formula is C17H24FN5O4S. The fourth-order valence-electron chi connectivity index (χ4n) is 3.57. The van der Waals surface area contributed by atoms with Gasteiger partial charge in [0.1, 0.15) is 17.7 Å². The Balaban J connectivity index is 1.66. The molecule has 28 heavy (non-hydrogen) atoms. The van der Waals surface area contributed by atoms with Crippen LogP contribution in [0.15, 0.2) is 6.20 Å². The summed E-state index contributed by atoms with van der Waals surface area (Å²) in [6.07, 6.45) is 4.00. The molecule has 1 saturated heterocycles. The number of aliphatic hydroxyl groups is 1. The van der Waals surface area contributed by atoms with Crippen LogP contribution < -0.4 is 10.1 Å². The highest BCUT2D eigenvalue weighted by Gasteiger charge is 2.39. The van der Waals surface area contributed by atoms with Gasteiger partial charge in [0.25, 0.3) is 0 Å². The molecule has 1 aliphatic carbocycles. The number of nitrogens with zero attached hydrogens (tertiary/aromatic N) is 4. The second-order valence-electron chi connectivity index (χ2n) is 7.42. The number of alkyl halides is 1. The number of anilines is 1. The minimum atomic E-state index is -3.83. The van der Waals surface area contributed by atoms with Crippen LogP contribution in [0, 0.1) is 11.3 Å². The van der Waals surface area contributed by atoms with Crippen molar-refractivity contribution in [2.75, 3.05) is 24.4 Å². The molecule has 2 heterocycles. The molecule has 154 valence electrons. The second kappa shape index (κ2) is 8.14. The van der Waals surface area contributed by atoms with Gasteiger partial charge in [0.05, 0.1) is 11.8 Å². The lowest BCUT2D eigenvalue weighted by molar-refractivity contribution is -0.0271. The number of nitrogens with one attached hydrogen (secondary N) is 1. The molecule has 1 aromatic heterocycles. The lowest BCUT2D eigenvalue weighted by atomic mass is 10.0. The quantitative estimate of drug-likeness (QED) is 0.711. The van der Waals surface area contributed by atoms with E-state index in [0.29, 0.717) is 25.7 Å². The molecule has 2 unspecified atom stereocenters. The van der Waals surface area contributed by atoms with Crippen molar-refractivity contribution in [1.29, 1.82) is 5.26 Å². The van der Waals surface area contributed by atoms with E-state index >= 15 is 0 Å². The third kappa shape index (κ3) is 4.51. The molecular weight excluding hydrogens is 389 g/mol. The SMILES string of the molecule is CC1(O)CCCC1Oc1nc(NC2CCN(S(=O)(=O)CF)CC2)ncc1C#N. The van der Waals surface area contributed by atoms with E-state index < -0.39 is 27.7 Å². The molecule has 0 amide bonds. The van der Waals surface area contributed by atoms with Crippen molar-refractivity contribution in [2.24, 2.45) is 0 Å². The summed E-state index contributed by atoms with van der Waals surface area (Å²) >= 11 is 0. The lowest BCUT2D eigenvalue weighted by Crippen LogP contribution is -2.43. The first-order chi connectivity index (χ1) is 13.2. The Hall–Kier alpha value is -2.03. The predicted octanol–water partition coefficient (Wildman–Crippen LogP) is 1.16. The summed E-state index contributed by atoms with van der Waals surface area (Å²) in [6.45, 7) is 2.14. The van der Waals surface area contributed by atoms with Crippen molar-refractivity contribution in [3.05, 3.63) is 11.8 Å². The molecule has 9 nitrogen and oxygen atoms in total. The molecule has 0 bridgehead atoms. The van der Waals surface area contributed by atoms with Crippen molar-refractivity contribution in [1.82, 2.24) is 14.3 Å². The smallest absolute Gasteiger partial charge is 0.243 e. The standard InChI is InChI=1S/C17H24FN5O4S/c1-17(24)6-2-3-14(17)27-15-12(9-19)10-20-16(22-15)21-13-4-7-23(8-5-13)28(25,26)11-18/h10,13-14,24H,2-8,11H2,1H3,(H,20,21,22). The average molecular weight is 413 g/mol. The number of sulfonamides is 1. The molecule has 2 aliphatic rings. The van der Waals surface area contributed by atoms with Crippen molar-refractivity contribution in [3.8, 4) is 11.9 Å². The third-order valence-electron chi connectivity index (χ3n) is 5.29. The van der Waals surface area contributed by atoms with E-state index in [1.54, 1.807) is 6.92 Å². The van der Waals surface area contributed by atoms with Crippen molar-refractivity contribution in [3.63, 3.8) is 0 Å². The van der Waals surface area contributed by atoms with Gasteiger partial charge in [-0.15, -0.1) is 0 Å². The van der Waals surface area contributed by atoms with Gasteiger partial charge < -0.3 is 15.2 Å². The van der Waals surface area contributed by atoms with Gasteiger partial charge >= 0.3 is 0 Å². The largest absolute Gasteiger partial charge is 0.470 e. The number of halogens is 1. The van der Waals surface area contributed by atoms with Crippen LogP contribution in [0.4, 0.5) is 10.3 Å². The maximum atomic E-state index is 12.6. The van der Waals surface area contributed by atoms with Gasteiger partial charge in [-0.3, -0.25) is 0 Å². The molecule has 0 radical (unpaired) electrons. The van der Waals surface area contributed by atoms with Crippen LogP contribution in [0.25, 0.3) is 0 Å². The Labute approximate surface area is 163 Å². The summed E-state index contributed by atoms with van der Waals surface area (Å²) < 4.78 is 42.8. The van der Waals surface area contributed by atoms with Gasteiger partial charge in [0.2, 0.25) is 27.9 Å². The number of hydrogen-bond donors (Lipinski definition) is 2. The van der Waals surface area contributed by atoms with Crippen LogP contribution in [0.2, 0.25) is 0 Å². The molecule has 3 rings (SSSR count). The Bertz CT molecular complexity index is 850. The minimum Gasteiger partial charge on any atom is -0.470 e. The molecule has 2 N–H and O–H groups in total. The number of rotatable bonds is 6. The lowest BCUT2D eigenvalue weighted by Gasteiger charge is -2.31. The van der Waals surface area contributed by atoms with E-state index in [0.717, 1.165) is 10.7 Å². The van der Waals surface area contributed by atoms with Crippen LogP contribution in [-0.4, -0.2) is 64.6 Å². The highest BCUT2D eigenvalue weighted by Crippen LogP contribution is 2.33. The zero-order valence-electron chi connectivity index (χ0n) is 15.6. The summed E-state index contributed by atoms with van der Waals surface area (Å²) in [4.78, 5) is 8.40. The Morgan fingerprint density at radius 3 is 2.75 bits per heavy atom. The van der Waals surface area contributed by atoms with Crippen LogP contribution in [-0.2, 0) is 10.0 Å². The molecule has 1 saturated carbocycles. The zero-order valence-corrected chi connectivity index (χ0v) is 16.5. The fraction of sp³-hybridized carbons (Fsp3) is 0.706. The summed E-state index contributed by atoms with van der Waals surface area (Å²) in [6, 6.07) is 0.513. The highest BCUT2D eigenvalue weighted by atomic mass is 32.2. The number of ether oxygens (including phenoxy) is 1. The number of piperidine rings is 1. The number of hydrogen-bond acceptors (Lipinski definition) is 8. The maximum absolute atomic E-state index is 12.6. The zero-order chi connectivity index (χ0) is 20.4. The van der Waals surface area contributed by atoms with Crippen molar-refractivity contribution in [2.45, 2.75) is 56.8 Å². The number of aromatic nitrogens is 2. The fourth-order valence-corrected chi connectivity index (χ4v) is 4.48. The Morgan fingerprint density at radius 1 is 1.46 bits per heavy atom. The first kappa shape index (κ1) is 20.7. The van der Waals surface area contributed by atoms with E-state index in [-0.39, 0.29) is 36.5 Å². The summed E-state index contributed by atoms with van der Waals surface area (Å²) in [5.41, 5.74) is -0.794. The molecule has 1 aliphatic heterocycles. The van der Waals surface area contributed by atoms with Gasteiger partial charge in [0.15, 0.2) is 0 Å². The molecule has 2 atom stereocenters. The van der Waals surface area contributed by atoms with E-state index in [2.05, 4.69) is 15.3 Å². The van der Waals surface area contributed by atoms with E-state index in [1.807, 2.05) is 6.07 Å². The van der Waals surface area contributed by atoms with E-state index in [1.165, 1.54) is 6.20 Å². The van der Waals surface area contributed by atoms with Gasteiger partial charge in [-0.25, -0.2) is 17.8 Å². The molecule has 1 aromatic rings. The minimum absolute atomic E-state index is 0.0820. The van der Waals surface area contributed by atoms with Gasteiger partial charge in [-0.1, -0.05) is 0 Å². The summed E-state index contributed by atoms with van der Waals surface area (Å²) in [5, 5.41) is 22.8. The highest BCUT2D eigenvalue weighted by molar-refractivity contribution is 7.88. The Kier molecular flexibility index (Phi) is 6.02. The van der Waals surface area contributed by atoms with Gasteiger partial charge in [-0.2, -0.15) is 14.6 Å². The van der Waals surface area contributed by atoms with Crippen molar-refractivity contribution >= 4 is 16.0 Å². The molecule has 2 fully saturated rings. The van der Waals surface area contributed by atoms with E-state index in [4.69, 9.17) is 4.74 Å². The number of nitriles is 1. The topological polar surface area (TPSA) is 128 Å². The third-order valence-corrected chi connectivity index (χ3v) is 6.72. The summed E-state index contributed by atoms with van der Waals surface area (Å²) in [7, 11) is -3.83. The van der Waals surface area contributed by atoms with E-state index in [9.17, 15) is 23.2 Å². The van der Waals surface area contributed by atoms with Crippen LogP contribution in [0.1, 0.15) is 44.6 Å². The first-order valence-electron chi connectivity index (χ1n) is 9.21.